The second-order valence-electron chi connectivity index (χ2n) is 7.06. The van der Waals surface area contributed by atoms with Crippen molar-refractivity contribution in [1.29, 1.82) is 0 Å². The molecule has 2 N–H and O–H groups in total. The summed E-state index contributed by atoms with van der Waals surface area (Å²) in [6.07, 6.45) is 11.5. The van der Waals surface area contributed by atoms with Gasteiger partial charge in [0, 0.05) is 27.6 Å². The topological polar surface area (TPSA) is 49.3 Å². The van der Waals surface area contributed by atoms with Crippen molar-refractivity contribution in [3.8, 4) is 0 Å². The minimum atomic E-state index is -0.407. The molecule has 0 saturated heterocycles. The molecule has 1 saturated carbocycles. The Kier molecular flexibility index (Phi) is 5.22. The molecule has 3 rings (SSSR count). The van der Waals surface area contributed by atoms with Crippen LogP contribution >= 0.6 is 11.3 Å². The minimum Gasteiger partial charge on any atom is -0.388 e. The Bertz CT molecular complexity index is 570. The lowest BCUT2D eigenvalue weighted by Gasteiger charge is -2.29. The predicted molar refractivity (Wildman–Crippen MR) is 94.6 cm³/mol. The van der Waals surface area contributed by atoms with Gasteiger partial charge in [-0.2, -0.15) is 0 Å². The van der Waals surface area contributed by atoms with E-state index in [1.807, 2.05) is 13.0 Å². The Hall–Kier alpha value is -1.13. The predicted octanol–water partition coefficient (Wildman–Crippen LogP) is 4.09. The molecule has 1 heterocycles. The van der Waals surface area contributed by atoms with Crippen molar-refractivity contribution in [3.05, 3.63) is 34.0 Å². The Morgan fingerprint density at radius 3 is 2.78 bits per heavy atom. The monoisotopic (exact) mass is 333 g/mol. The highest BCUT2D eigenvalue weighted by Gasteiger charge is 2.37. The molecular formula is C19H27NO2S. The molecule has 126 valence electrons. The number of nitrogens with one attached hydrogen (secondary N) is 1. The molecular weight excluding hydrogens is 306 g/mol. The maximum atomic E-state index is 12.5. The number of allylic oxidation sites excluding steroid dienone is 2. The third-order valence-electron chi connectivity index (χ3n) is 5.36. The Balaban J connectivity index is 1.68. The fourth-order valence-electron chi connectivity index (χ4n) is 3.86. The summed E-state index contributed by atoms with van der Waals surface area (Å²) < 4.78 is 0. The minimum absolute atomic E-state index is 0.0813. The van der Waals surface area contributed by atoms with Gasteiger partial charge in [0.1, 0.15) is 0 Å². The number of aliphatic hydroxyl groups excluding tert-OH is 1. The fourth-order valence-corrected chi connectivity index (χ4v) is 5.05. The lowest BCUT2D eigenvalue weighted by atomic mass is 9.84. The number of hydrogen-bond acceptors (Lipinski definition) is 3. The molecule has 0 aromatic carbocycles. The van der Waals surface area contributed by atoms with Gasteiger partial charge in [-0.3, -0.25) is 4.79 Å². The lowest BCUT2D eigenvalue weighted by molar-refractivity contribution is -0.125. The SMILES string of the molecule is C[C@@H](O)c1ccc(C2(CNC(=O)[C@@H]3CC=CCC3)CCCC2)s1. The first-order chi connectivity index (χ1) is 11.1. The van der Waals surface area contributed by atoms with Gasteiger partial charge in [-0.1, -0.05) is 25.0 Å². The maximum absolute atomic E-state index is 12.5. The van der Waals surface area contributed by atoms with Crippen molar-refractivity contribution in [3.63, 3.8) is 0 Å². The van der Waals surface area contributed by atoms with Gasteiger partial charge in [0.25, 0.3) is 0 Å². The van der Waals surface area contributed by atoms with Crippen LogP contribution in [0.1, 0.15) is 67.7 Å². The average molecular weight is 333 g/mol. The van der Waals surface area contributed by atoms with E-state index >= 15 is 0 Å². The molecule has 4 heteroatoms. The van der Waals surface area contributed by atoms with Gasteiger partial charge in [-0.25, -0.2) is 0 Å². The molecule has 0 bridgehead atoms. The van der Waals surface area contributed by atoms with Gasteiger partial charge < -0.3 is 10.4 Å². The van der Waals surface area contributed by atoms with Crippen molar-refractivity contribution in [2.75, 3.05) is 6.54 Å². The van der Waals surface area contributed by atoms with Gasteiger partial charge >= 0.3 is 0 Å². The van der Waals surface area contributed by atoms with Crippen LogP contribution in [0.15, 0.2) is 24.3 Å². The molecule has 1 amide bonds. The summed E-state index contributed by atoms with van der Waals surface area (Å²) in [6.45, 7) is 2.56. The first-order valence-corrected chi connectivity index (χ1v) is 9.63. The Morgan fingerprint density at radius 1 is 1.39 bits per heavy atom. The van der Waals surface area contributed by atoms with Crippen molar-refractivity contribution in [2.24, 2.45) is 5.92 Å². The summed E-state index contributed by atoms with van der Waals surface area (Å²) in [7, 11) is 0. The highest BCUT2D eigenvalue weighted by atomic mass is 32.1. The molecule has 1 aromatic heterocycles. The Labute approximate surface area is 142 Å². The summed E-state index contributed by atoms with van der Waals surface area (Å²) in [5.74, 6) is 0.364. The highest BCUT2D eigenvalue weighted by molar-refractivity contribution is 7.12. The van der Waals surface area contributed by atoms with Crippen LogP contribution < -0.4 is 5.32 Å². The number of thiophene rings is 1. The largest absolute Gasteiger partial charge is 0.388 e. The quantitative estimate of drug-likeness (QED) is 0.798. The molecule has 1 aromatic rings. The molecule has 23 heavy (non-hydrogen) atoms. The zero-order valence-electron chi connectivity index (χ0n) is 13.9. The van der Waals surface area contributed by atoms with E-state index in [-0.39, 0.29) is 17.2 Å². The van der Waals surface area contributed by atoms with Gasteiger partial charge in [0.2, 0.25) is 5.91 Å². The maximum Gasteiger partial charge on any atom is 0.223 e. The van der Waals surface area contributed by atoms with Gasteiger partial charge in [-0.15, -0.1) is 11.3 Å². The normalized spacial score (nSPS) is 24.5. The number of carbonyl (C=O) groups is 1. The third-order valence-corrected chi connectivity index (χ3v) is 6.86. The van der Waals surface area contributed by atoms with E-state index < -0.39 is 6.10 Å². The van der Waals surface area contributed by atoms with Crippen LogP contribution in [0.4, 0.5) is 0 Å². The standard InChI is InChI=1S/C19H27NO2S/c1-14(21)16-9-10-17(23-16)19(11-5-6-12-19)13-20-18(22)15-7-3-2-4-8-15/h2-3,9-10,14-15,21H,4-8,11-13H2,1H3,(H,20,22)/t14-,15-/m1/s1. The summed E-state index contributed by atoms with van der Waals surface area (Å²) in [4.78, 5) is 14.8. The van der Waals surface area contributed by atoms with E-state index in [2.05, 4.69) is 23.5 Å². The van der Waals surface area contributed by atoms with E-state index in [0.717, 1.165) is 43.5 Å². The van der Waals surface area contributed by atoms with Crippen LogP contribution in [-0.2, 0) is 10.2 Å². The fraction of sp³-hybridized carbons (Fsp3) is 0.632. The Morgan fingerprint density at radius 2 is 2.17 bits per heavy atom. The molecule has 0 radical (unpaired) electrons. The van der Waals surface area contributed by atoms with Crippen LogP contribution in [-0.4, -0.2) is 17.6 Å². The van der Waals surface area contributed by atoms with E-state index in [4.69, 9.17) is 0 Å². The second kappa shape index (κ2) is 7.18. The average Bonchev–Trinajstić information content (AvgIpc) is 3.23. The smallest absolute Gasteiger partial charge is 0.223 e. The summed E-state index contributed by atoms with van der Waals surface area (Å²) in [5, 5.41) is 13.0. The van der Waals surface area contributed by atoms with Crippen LogP contribution in [0.5, 0.6) is 0 Å². The molecule has 3 nitrogen and oxygen atoms in total. The molecule has 1 fully saturated rings. The number of aliphatic hydroxyl groups is 1. The van der Waals surface area contributed by atoms with Crippen LogP contribution in [0.25, 0.3) is 0 Å². The second-order valence-corrected chi connectivity index (χ2v) is 8.18. The van der Waals surface area contributed by atoms with Crippen LogP contribution in [0.3, 0.4) is 0 Å². The van der Waals surface area contributed by atoms with E-state index in [9.17, 15) is 9.90 Å². The van der Waals surface area contributed by atoms with E-state index in [1.165, 1.54) is 17.7 Å². The summed E-state index contributed by atoms with van der Waals surface area (Å²) >= 11 is 1.71. The van der Waals surface area contributed by atoms with Crippen molar-refractivity contribution in [2.45, 2.75) is 63.4 Å². The van der Waals surface area contributed by atoms with Gasteiger partial charge in [0.05, 0.1) is 6.10 Å². The number of hydrogen-bond donors (Lipinski definition) is 2. The summed E-state index contributed by atoms with van der Waals surface area (Å²) in [6, 6.07) is 4.20. The zero-order chi connectivity index (χ0) is 16.3. The van der Waals surface area contributed by atoms with Crippen molar-refractivity contribution >= 4 is 17.2 Å². The summed E-state index contributed by atoms with van der Waals surface area (Å²) in [5.41, 5.74) is 0.0813. The zero-order valence-corrected chi connectivity index (χ0v) is 14.7. The number of rotatable bonds is 5. The van der Waals surface area contributed by atoms with Gasteiger partial charge in [-0.05, 0) is 51.2 Å². The van der Waals surface area contributed by atoms with Gasteiger partial charge in [0.15, 0.2) is 0 Å². The third kappa shape index (κ3) is 3.69. The number of carbonyl (C=O) groups excluding carboxylic acids is 1. The molecule has 2 aliphatic rings. The molecule has 0 unspecified atom stereocenters. The first kappa shape index (κ1) is 16.7. The van der Waals surface area contributed by atoms with E-state index in [1.54, 1.807) is 11.3 Å². The highest BCUT2D eigenvalue weighted by Crippen LogP contribution is 2.44. The van der Waals surface area contributed by atoms with E-state index in [0.29, 0.717) is 0 Å². The van der Waals surface area contributed by atoms with Crippen LogP contribution in [0, 0.1) is 5.92 Å². The number of amides is 1. The lowest BCUT2D eigenvalue weighted by Crippen LogP contribution is -2.41. The molecule has 0 spiro atoms. The van der Waals surface area contributed by atoms with Crippen LogP contribution in [0.2, 0.25) is 0 Å². The van der Waals surface area contributed by atoms with Crippen molar-refractivity contribution < 1.29 is 9.90 Å². The molecule has 0 aliphatic heterocycles. The molecule has 2 aliphatic carbocycles. The van der Waals surface area contributed by atoms with Crippen molar-refractivity contribution in [1.82, 2.24) is 5.32 Å². The first-order valence-electron chi connectivity index (χ1n) is 8.82. The molecule has 2 atom stereocenters.